The lowest BCUT2D eigenvalue weighted by atomic mass is 10.4. The standard InChI is InChI=1S/4C4H6N2O.3C4H6N2S.2C4H6N2.5C3H5N3.7C2H6/c1-3-5-6-4(2)7-3;2*1-3-5-4(2)7-6-3;1-3-4(2)6-7-5-3;2*1-3-5-4(2)7-6-3;1-3-4(2)6-7-5-3;1-4-5-2-3-6-4;1-4-2-3-5-6-4;1-6-3-4-2-5-6;1-6-3-2-4-5-6;1-6-4-2-3-5-6;1-3-4-2-5-6-3;1-3-2-4-6-5-3;7*1-2/h7*1-2H3;2*2H,3H2,1H3;3*2-3H,1H3;2*2H,1H3,(H,4,5,6);7*1-2H3. The average molecular weight is 1530 g/mol. The quantitative estimate of drug-likeness (QED) is 0.142. The second-order valence-electron chi connectivity index (χ2n) is 17.5. The van der Waals surface area contributed by atoms with Gasteiger partial charge >= 0.3 is 0 Å². The number of aromatic amines is 2. The molecule has 0 fully saturated rings. The van der Waals surface area contributed by atoms with E-state index in [2.05, 4.69) is 163 Å². The fraction of sp³-hybridized carbons (Fsp3) is 0.569. The fourth-order valence-electron chi connectivity index (χ4n) is 4.64. The molecule has 12 aromatic heterocycles. The summed E-state index contributed by atoms with van der Waals surface area (Å²) in [6.07, 6.45) is 16.8. The Morgan fingerprint density at radius 2 is 0.990 bits per heavy atom. The van der Waals surface area contributed by atoms with E-state index in [0.717, 1.165) is 80.6 Å². The van der Waals surface area contributed by atoms with Crippen LogP contribution >= 0.6 is 34.8 Å². The highest BCUT2D eigenvalue weighted by molar-refractivity contribution is 7.05. The molecule has 0 aromatic carbocycles. The van der Waals surface area contributed by atoms with Crippen LogP contribution in [0.15, 0.2) is 100 Å². The van der Waals surface area contributed by atoms with Gasteiger partial charge in [-0.3, -0.25) is 19.5 Å². The van der Waals surface area contributed by atoms with E-state index in [1.54, 1.807) is 101 Å². The monoisotopic (exact) mass is 1520 g/mol. The largest absolute Gasteiger partial charge is 0.426 e. The number of nitrogens with one attached hydrogen (secondary N) is 2. The van der Waals surface area contributed by atoms with Gasteiger partial charge in [-0.2, -0.15) is 78.3 Å². The van der Waals surface area contributed by atoms with E-state index in [0.29, 0.717) is 35.2 Å². The lowest BCUT2D eigenvalue weighted by Crippen LogP contribution is -1.89. The number of aryl methyl sites for hydroxylation is 19. The molecule has 14 heterocycles. The SMILES string of the molecule is CC.CC.CC.CC.CC.CC.CC.CC1=CCN=N1.CC1=NCC=N1.Cc1cn[nH]n1.Cc1ncn[nH]1.Cc1nnc(C)o1.Cc1noc(C)n1.Cc1noc(C)n1.Cc1nonc1C.Cc1nsc(C)n1.Cc1nsc(C)n1.Cc1nsnc1C.Cn1ccnn1.Cn1cncn1.Cn1nccn1. The van der Waals surface area contributed by atoms with Crippen molar-refractivity contribution in [1.29, 1.82) is 0 Å². The van der Waals surface area contributed by atoms with Gasteiger partial charge in [-0.25, -0.2) is 29.6 Å². The first kappa shape index (κ1) is 108. The van der Waals surface area contributed by atoms with Crippen LogP contribution in [-0.2, 0) is 21.1 Å². The van der Waals surface area contributed by atoms with Crippen LogP contribution in [0.2, 0.25) is 0 Å². The zero-order chi connectivity index (χ0) is 81.8. The summed E-state index contributed by atoms with van der Waals surface area (Å²) in [6.45, 7) is 63.1. The number of allylic oxidation sites excluding steroid dienone is 1. The zero-order valence-electron chi connectivity index (χ0n) is 68.9. The van der Waals surface area contributed by atoms with Gasteiger partial charge in [0.05, 0.1) is 72.4 Å². The molecule has 2 N–H and O–H groups in total. The first-order valence-corrected chi connectivity index (χ1v) is 36.1. The molecule has 0 saturated carbocycles. The highest BCUT2D eigenvalue weighted by atomic mass is 32.1. The maximum Gasteiger partial charge on any atom is 0.223 e. The van der Waals surface area contributed by atoms with Crippen molar-refractivity contribution in [3.05, 3.63) is 153 Å². The normalized spacial score (nSPS) is 9.44. The van der Waals surface area contributed by atoms with Crippen LogP contribution < -0.4 is 0 Å². The van der Waals surface area contributed by atoms with E-state index >= 15 is 0 Å². The van der Waals surface area contributed by atoms with E-state index in [1.807, 2.05) is 200 Å². The van der Waals surface area contributed by atoms with Crippen molar-refractivity contribution in [2.45, 2.75) is 222 Å². The third kappa shape index (κ3) is 73.2. The fourth-order valence-corrected chi connectivity index (χ4v) is 6.15. The minimum Gasteiger partial charge on any atom is -0.426 e. The molecule has 0 saturated heterocycles. The number of aliphatic imine (C=N–C) groups is 2. The molecule has 588 valence electrons. The van der Waals surface area contributed by atoms with E-state index in [-0.39, 0.29) is 0 Å². The molecule has 0 spiro atoms. The van der Waals surface area contributed by atoms with Crippen LogP contribution in [0.5, 0.6) is 0 Å². The highest BCUT2D eigenvalue weighted by Gasteiger charge is 1.96. The minimum atomic E-state index is 0.623. The van der Waals surface area contributed by atoms with Gasteiger partial charge in [0.25, 0.3) is 0 Å². The van der Waals surface area contributed by atoms with Gasteiger partial charge in [0.1, 0.15) is 63.7 Å². The first-order valence-electron chi connectivity index (χ1n) is 33.8. The Bertz CT molecular complexity index is 3130. The summed E-state index contributed by atoms with van der Waals surface area (Å²) in [6, 6.07) is 0. The number of nitrogens with zero attached hydrogens (tertiary/aromatic N) is 31. The van der Waals surface area contributed by atoms with Gasteiger partial charge in [0.2, 0.25) is 23.6 Å². The van der Waals surface area contributed by atoms with E-state index in [4.69, 9.17) is 4.42 Å². The predicted octanol–water partition coefficient (Wildman–Crippen LogP) is 14.9. The Hall–Kier alpha value is -10.4. The van der Waals surface area contributed by atoms with Crippen molar-refractivity contribution in [2.75, 3.05) is 13.1 Å². The lowest BCUT2D eigenvalue weighted by Gasteiger charge is -1.75. The summed E-state index contributed by atoms with van der Waals surface area (Å²) in [5.41, 5.74) is 5.78. The number of hydrogen-bond acceptors (Lipinski definition) is 35. The molecule has 12 aromatic rings. The summed E-state index contributed by atoms with van der Waals surface area (Å²) in [7, 11) is 5.43. The Labute approximate surface area is 634 Å². The Morgan fingerprint density at radius 3 is 1.10 bits per heavy atom. The number of aromatic nitrogens is 29. The summed E-state index contributed by atoms with van der Waals surface area (Å²) < 4.78 is 37.5. The lowest BCUT2D eigenvalue weighted by molar-refractivity contribution is 0.302. The highest BCUT2D eigenvalue weighted by Crippen LogP contribution is 2.02. The number of amidine groups is 1. The Kier molecular flexibility index (Phi) is 80.0. The number of azo groups is 1. The average Bonchev–Trinajstić information content (AvgIpc) is 1.84. The van der Waals surface area contributed by atoms with Crippen LogP contribution in [0.25, 0.3) is 0 Å². The third-order valence-corrected chi connectivity index (χ3v) is 11.1. The van der Waals surface area contributed by atoms with Crippen molar-refractivity contribution >= 4 is 46.8 Å². The van der Waals surface area contributed by atoms with Crippen LogP contribution in [-0.4, -0.2) is 169 Å². The number of rotatable bonds is 0. The van der Waals surface area contributed by atoms with Gasteiger partial charge in [-0.05, 0) is 126 Å². The van der Waals surface area contributed by atoms with Gasteiger partial charge in [-0.1, -0.05) is 123 Å². The first-order chi connectivity index (χ1) is 50.3. The van der Waals surface area contributed by atoms with Gasteiger partial charge < -0.3 is 13.5 Å². The second-order valence-corrected chi connectivity index (χ2v) is 19.9. The molecular formula is C65H121N33O4S3. The number of hydrogen-bond donors (Lipinski definition) is 2. The van der Waals surface area contributed by atoms with Gasteiger partial charge in [0.15, 0.2) is 11.6 Å². The van der Waals surface area contributed by atoms with Crippen LogP contribution in [0, 0.1) is 111 Å². The molecule has 14 rings (SSSR count). The molecule has 40 heteroatoms. The summed E-state index contributed by atoms with van der Waals surface area (Å²) in [5.74, 6) is 7.38. The third-order valence-electron chi connectivity index (χ3n) is 8.96. The molecule has 2 aliphatic rings. The molecule has 0 aliphatic carbocycles. The van der Waals surface area contributed by atoms with Crippen molar-refractivity contribution in [3.8, 4) is 0 Å². The van der Waals surface area contributed by atoms with Crippen molar-refractivity contribution < 1.29 is 18.1 Å². The van der Waals surface area contributed by atoms with Gasteiger partial charge in [-0.15, -0.1) is 15.3 Å². The van der Waals surface area contributed by atoms with Crippen LogP contribution in [0.3, 0.4) is 0 Å². The predicted molar refractivity (Wildman–Crippen MR) is 418 cm³/mol. The Balaban J connectivity index is -0.000000194. The molecule has 0 radical (unpaired) electrons. The molecular weight excluding hydrogens is 1400 g/mol. The van der Waals surface area contributed by atoms with Gasteiger partial charge in [0, 0.05) is 61.2 Å². The minimum absolute atomic E-state index is 0.623. The molecule has 0 unspecified atom stereocenters. The van der Waals surface area contributed by atoms with Crippen LogP contribution in [0.1, 0.15) is 202 Å². The van der Waals surface area contributed by atoms with Crippen molar-refractivity contribution in [2.24, 2.45) is 41.4 Å². The second kappa shape index (κ2) is 77.8. The Morgan fingerprint density at radius 1 is 0.495 bits per heavy atom. The van der Waals surface area contributed by atoms with E-state index in [1.165, 1.54) is 52.2 Å². The molecule has 2 aliphatic heterocycles. The molecule has 105 heavy (non-hydrogen) atoms. The summed E-state index contributed by atoms with van der Waals surface area (Å²) >= 11 is 4.15. The van der Waals surface area contributed by atoms with Crippen molar-refractivity contribution in [1.82, 2.24) is 144 Å². The molecule has 37 nitrogen and oxygen atoms in total. The zero-order valence-corrected chi connectivity index (χ0v) is 71.4. The smallest absolute Gasteiger partial charge is 0.223 e. The van der Waals surface area contributed by atoms with E-state index in [9.17, 15) is 0 Å². The summed E-state index contributed by atoms with van der Waals surface area (Å²) in [5, 5.41) is 65.0. The maximum absolute atomic E-state index is 4.86. The van der Waals surface area contributed by atoms with Crippen LogP contribution in [0.4, 0.5) is 0 Å². The molecule has 0 bridgehead atoms. The van der Waals surface area contributed by atoms with E-state index < -0.39 is 0 Å². The number of H-pyrrole nitrogens is 2. The topological polar surface area (TPSA) is 458 Å². The van der Waals surface area contributed by atoms with Crippen molar-refractivity contribution in [3.63, 3.8) is 0 Å². The molecule has 0 atom stereocenters. The maximum atomic E-state index is 4.86. The molecule has 0 amide bonds. The summed E-state index contributed by atoms with van der Waals surface area (Å²) in [4.78, 5) is 32.4.